The third kappa shape index (κ3) is 0.829. The third-order valence-electron chi connectivity index (χ3n) is 2.73. The van der Waals surface area contributed by atoms with Gasteiger partial charge in [0.1, 0.15) is 0 Å². The maximum atomic E-state index is 11.4. The number of carbonyl (C=O) groups is 1. The Labute approximate surface area is 71.3 Å². The van der Waals surface area contributed by atoms with Crippen LogP contribution in [-0.2, 0) is 14.3 Å². The molecule has 0 spiro atoms. The van der Waals surface area contributed by atoms with Gasteiger partial charge in [-0.25, -0.2) is 0 Å². The van der Waals surface area contributed by atoms with Crippen molar-refractivity contribution >= 4 is 5.97 Å². The van der Waals surface area contributed by atoms with Gasteiger partial charge in [0.25, 0.3) is 0 Å². The highest BCUT2D eigenvalue weighted by molar-refractivity contribution is 5.78. The van der Waals surface area contributed by atoms with Crippen molar-refractivity contribution in [2.24, 2.45) is 5.41 Å². The van der Waals surface area contributed by atoms with Crippen LogP contribution in [0.5, 0.6) is 0 Å². The Morgan fingerprint density at radius 3 is 2.83 bits per heavy atom. The highest BCUT2D eigenvalue weighted by Crippen LogP contribution is 2.44. The summed E-state index contributed by atoms with van der Waals surface area (Å²) in [5, 5.41) is 0. The predicted octanol–water partition coefficient (Wildman–Crippen LogP) is 0.893. The standard InChI is InChI=1S/C9H12O3/c1-9(8(10)11-2)5-6-3-4-7(9)12-6/h3-4,6-7H,5H2,1-2H3/t6-,7+,9?/m1/s1. The van der Waals surface area contributed by atoms with Crippen LogP contribution in [0, 0.1) is 5.41 Å². The number of esters is 1. The number of ether oxygens (including phenoxy) is 2. The summed E-state index contributed by atoms with van der Waals surface area (Å²) in [6.45, 7) is 1.90. The molecule has 1 fully saturated rings. The van der Waals surface area contributed by atoms with Gasteiger partial charge < -0.3 is 9.47 Å². The Hall–Kier alpha value is -0.830. The number of hydrogen-bond donors (Lipinski definition) is 0. The highest BCUT2D eigenvalue weighted by Gasteiger charge is 2.52. The Kier molecular flexibility index (Phi) is 1.51. The van der Waals surface area contributed by atoms with E-state index in [-0.39, 0.29) is 18.2 Å². The van der Waals surface area contributed by atoms with Gasteiger partial charge >= 0.3 is 5.97 Å². The van der Waals surface area contributed by atoms with Crippen molar-refractivity contribution in [2.45, 2.75) is 25.6 Å². The number of rotatable bonds is 1. The first-order valence-electron chi connectivity index (χ1n) is 4.09. The Balaban J connectivity index is 2.23. The summed E-state index contributed by atoms with van der Waals surface area (Å²) in [5.74, 6) is -0.167. The molecule has 0 radical (unpaired) electrons. The first-order chi connectivity index (χ1) is 5.66. The molecule has 0 amide bonds. The number of methoxy groups -OCH3 is 1. The van der Waals surface area contributed by atoms with Crippen LogP contribution in [0.1, 0.15) is 13.3 Å². The van der Waals surface area contributed by atoms with Crippen LogP contribution in [0.15, 0.2) is 12.2 Å². The fraction of sp³-hybridized carbons (Fsp3) is 0.667. The summed E-state index contributed by atoms with van der Waals surface area (Å²) in [5.41, 5.74) is -0.450. The van der Waals surface area contributed by atoms with E-state index < -0.39 is 5.41 Å². The molecule has 1 unspecified atom stereocenters. The second-order valence-corrected chi connectivity index (χ2v) is 3.59. The van der Waals surface area contributed by atoms with E-state index in [4.69, 9.17) is 9.47 Å². The van der Waals surface area contributed by atoms with E-state index in [9.17, 15) is 4.79 Å². The normalized spacial score (nSPS) is 43.5. The maximum Gasteiger partial charge on any atom is 0.314 e. The Morgan fingerprint density at radius 2 is 2.42 bits per heavy atom. The molecular formula is C9H12O3. The zero-order valence-electron chi connectivity index (χ0n) is 7.24. The molecule has 0 aliphatic carbocycles. The molecule has 3 nitrogen and oxygen atoms in total. The lowest BCUT2D eigenvalue weighted by Gasteiger charge is -2.25. The summed E-state index contributed by atoms with van der Waals surface area (Å²) in [7, 11) is 1.42. The smallest absolute Gasteiger partial charge is 0.314 e. The molecule has 2 aliphatic heterocycles. The van der Waals surface area contributed by atoms with Crippen LogP contribution >= 0.6 is 0 Å². The van der Waals surface area contributed by atoms with Crippen LogP contribution in [0.25, 0.3) is 0 Å². The topological polar surface area (TPSA) is 35.5 Å². The number of hydrogen-bond acceptors (Lipinski definition) is 3. The fourth-order valence-electron chi connectivity index (χ4n) is 1.95. The quantitative estimate of drug-likeness (QED) is 0.431. The number of carbonyl (C=O) groups excluding carboxylic acids is 1. The average molecular weight is 168 g/mol. The van der Waals surface area contributed by atoms with Gasteiger partial charge in [-0.3, -0.25) is 4.79 Å². The molecule has 0 N–H and O–H groups in total. The van der Waals surface area contributed by atoms with Crippen LogP contribution < -0.4 is 0 Å². The molecule has 2 heterocycles. The van der Waals surface area contributed by atoms with E-state index >= 15 is 0 Å². The van der Waals surface area contributed by atoms with Gasteiger partial charge in [0.05, 0.1) is 24.7 Å². The van der Waals surface area contributed by atoms with E-state index in [0.717, 1.165) is 6.42 Å². The largest absolute Gasteiger partial charge is 0.469 e. The Morgan fingerprint density at radius 1 is 1.67 bits per heavy atom. The van der Waals surface area contributed by atoms with E-state index in [0.29, 0.717) is 0 Å². The van der Waals surface area contributed by atoms with Crippen LogP contribution in [-0.4, -0.2) is 25.3 Å². The molecule has 0 aromatic rings. The zero-order chi connectivity index (χ0) is 8.77. The van der Waals surface area contributed by atoms with Crippen LogP contribution in [0.3, 0.4) is 0 Å². The molecule has 66 valence electrons. The van der Waals surface area contributed by atoms with E-state index in [1.165, 1.54) is 7.11 Å². The molecule has 0 aromatic heterocycles. The monoisotopic (exact) mass is 168 g/mol. The molecular weight excluding hydrogens is 156 g/mol. The van der Waals surface area contributed by atoms with Gasteiger partial charge in [0.2, 0.25) is 0 Å². The van der Waals surface area contributed by atoms with Gasteiger partial charge in [0, 0.05) is 0 Å². The maximum absolute atomic E-state index is 11.4. The van der Waals surface area contributed by atoms with Crippen molar-refractivity contribution in [3.63, 3.8) is 0 Å². The highest BCUT2D eigenvalue weighted by atomic mass is 16.5. The van der Waals surface area contributed by atoms with Gasteiger partial charge in [-0.2, -0.15) is 0 Å². The molecule has 0 aromatic carbocycles. The average Bonchev–Trinajstić information content (AvgIpc) is 2.62. The van der Waals surface area contributed by atoms with Gasteiger partial charge in [-0.15, -0.1) is 0 Å². The molecule has 2 aliphatic rings. The second-order valence-electron chi connectivity index (χ2n) is 3.59. The van der Waals surface area contributed by atoms with Crippen molar-refractivity contribution in [3.8, 4) is 0 Å². The molecule has 3 atom stereocenters. The lowest BCUT2D eigenvalue weighted by atomic mass is 9.79. The van der Waals surface area contributed by atoms with E-state index in [1.54, 1.807) is 0 Å². The molecule has 1 saturated heterocycles. The molecule has 0 saturated carbocycles. The van der Waals surface area contributed by atoms with Crippen LogP contribution in [0.2, 0.25) is 0 Å². The predicted molar refractivity (Wildman–Crippen MR) is 42.5 cm³/mol. The molecule has 12 heavy (non-hydrogen) atoms. The van der Waals surface area contributed by atoms with Crippen molar-refractivity contribution in [3.05, 3.63) is 12.2 Å². The van der Waals surface area contributed by atoms with Crippen molar-refractivity contribution in [1.82, 2.24) is 0 Å². The fourth-order valence-corrected chi connectivity index (χ4v) is 1.95. The molecule has 2 rings (SSSR count). The van der Waals surface area contributed by atoms with Crippen molar-refractivity contribution in [2.75, 3.05) is 7.11 Å². The summed E-state index contributed by atoms with van der Waals surface area (Å²) in [4.78, 5) is 11.4. The lowest BCUT2D eigenvalue weighted by molar-refractivity contribution is -0.153. The van der Waals surface area contributed by atoms with Crippen molar-refractivity contribution < 1.29 is 14.3 Å². The minimum Gasteiger partial charge on any atom is -0.469 e. The first kappa shape index (κ1) is 7.80. The minimum atomic E-state index is -0.450. The SMILES string of the molecule is COC(=O)C1(C)C[C@H]2C=C[C@@H]1O2. The minimum absolute atomic E-state index is 0.0741. The molecule has 2 bridgehead atoms. The van der Waals surface area contributed by atoms with E-state index in [1.807, 2.05) is 19.1 Å². The van der Waals surface area contributed by atoms with Crippen molar-refractivity contribution in [1.29, 1.82) is 0 Å². The third-order valence-corrected chi connectivity index (χ3v) is 2.73. The molecule has 3 heteroatoms. The van der Waals surface area contributed by atoms with Gasteiger partial charge in [0.15, 0.2) is 0 Å². The lowest BCUT2D eigenvalue weighted by Crippen LogP contribution is -2.36. The summed E-state index contributed by atoms with van der Waals surface area (Å²) < 4.78 is 10.2. The summed E-state index contributed by atoms with van der Waals surface area (Å²) in [6, 6.07) is 0. The van der Waals surface area contributed by atoms with Gasteiger partial charge in [-0.05, 0) is 13.3 Å². The summed E-state index contributed by atoms with van der Waals surface area (Å²) >= 11 is 0. The number of fused-ring (bicyclic) bond motifs is 2. The Bertz CT molecular complexity index is 246. The zero-order valence-corrected chi connectivity index (χ0v) is 7.24. The van der Waals surface area contributed by atoms with E-state index in [2.05, 4.69) is 0 Å². The van der Waals surface area contributed by atoms with Crippen LogP contribution in [0.4, 0.5) is 0 Å². The first-order valence-corrected chi connectivity index (χ1v) is 4.09. The van der Waals surface area contributed by atoms with Gasteiger partial charge in [-0.1, -0.05) is 12.2 Å². The second kappa shape index (κ2) is 2.33. The summed E-state index contributed by atoms with van der Waals surface area (Å²) in [6.07, 6.45) is 4.76.